The molecule has 0 saturated carbocycles. The van der Waals surface area contributed by atoms with Crippen LogP contribution < -0.4 is 4.74 Å². The maximum atomic E-state index is 8.99. The number of piperidine rings is 1. The largest absolute Gasteiger partial charge is 0.493 e. The van der Waals surface area contributed by atoms with Gasteiger partial charge in [0.05, 0.1) is 18.2 Å². The zero-order valence-electron chi connectivity index (χ0n) is 15.3. The number of fused-ring (bicyclic) bond motifs is 2. The highest BCUT2D eigenvalue weighted by Gasteiger charge is 2.23. The van der Waals surface area contributed by atoms with E-state index in [0.717, 1.165) is 36.8 Å². The third-order valence-electron chi connectivity index (χ3n) is 5.75. The Morgan fingerprint density at radius 2 is 1.73 bits per heavy atom. The molecule has 1 fully saturated rings. The molecule has 1 saturated heterocycles. The summed E-state index contributed by atoms with van der Waals surface area (Å²) in [5, 5.41) is 8.99. The second kappa shape index (κ2) is 7.93. The lowest BCUT2D eigenvalue weighted by Crippen LogP contribution is -2.41. The molecule has 0 aliphatic carbocycles. The fraction of sp³-hybridized carbons (Fsp3) is 0.435. The van der Waals surface area contributed by atoms with E-state index in [9.17, 15) is 0 Å². The van der Waals surface area contributed by atoms with Gasteiger partial charge in [0.2, 0.25) is 0 Å². The summed E-state index contributed by atoms with van der Waals surface area (Å²) in [6.07, 6.45) is 7.44. The van der Waals surface area contributed by atoms with Gasteiger partial charge in [0.1, 0.15) is 5.75 Å². The van der Waals surface area contributed by atoms with Crippen molar-refractivity contribution in [2.24, 2.45) is 0 Å². The van der Waals surface area contributed by atoms with Crippen molar-refractivity contribution >= 4 is 0 Å². The van der Waals surface area contributed by atoms with Crippen LogP contribution in [0.1, 0.15) is 43.2 Å². The summed E-state index contributed by atoms with van der Waals surface area (Å²) in [6, 6.07) is 17.3. The summed E-state index contributed by atoms with van der Waals surface area (Å²) in [5.74, 6) is 1.05. The number of nitriles is 1. The first-order valence-corrected chi connectivity index (χ1v) is 9.84. The first-order valence-electron chi connectivity index (χ1n) is 9.84. The number of ether oxygens (including phenoxy) is 1. The first-order chi connectivity index (χ1) is 12.8. The van der Waals surface area contributed by atoms with E-state index in [1.165, 1.54) is 49.9 Å². The van der Waals surface area contributed by atoms with Crippen molar-refractivity contribution < 1.29 is 4.74 Å². The van der Waals surface area contributed by atoms with Gasteiger partial charge in [-0.15, -0.1) is 0 Å². The summed E-state index contributed by atoms with van der Waals surface area (Å²) in [6.45, 7) is 3.22. The number of nitrogens with zero attached hydrogens (tertiary/aromatic N) is 2. The zero-order valence-corrected chi connectivity index (χ0v) is 15.3. The van der Waals surface area contributed by atoms with Crippen LogP contribution in [0.3, 0.4) is 0 Å². The molecule has 3 heteroatoms. The van der Waals surface area contributed by atoms with Crippen LogP contribution in [0, 0.1) is 11.3 Å². The van der Waals surface area contributed by atoms with Crippen molar-refractivity contribution in [2.45, 2.75) is 44.6 Å². The standard InChI is InChI=1S/C23H26N2O/c24-17-18-5-7-19(8-6-18)20-10-12-23-21(16-20)9-11-22-4-1-2-13-25(22)14-3-15-26-23/h5-8,10,12,16,22H,1-4,9,11,13-15H2. The lowest BCUT2D eigenvalue weighted by Gasteiger charge is -2.36. The minimum Gasteiger partial charge on any atom is -0.493 e. The van der Waals surface area contributed by atoms with Crippen LogP contribution in [0.15, 0.2) is 42.5 Å². The molecule has 2 aromatic rings. The Morgan fingerprint density at radius 3 is 2.58 bits per heavy atom. The van der Waals surface area contributed by atoms with Crippen LogP contribution in [0.4, 0.5) is 0 Å². The molecule has 2 heterocycles. The van der Waals surface area contributed by atoms with E-state index in [-0.39, 0.29) is 0 Å². The fourth-order valence-corrected chi connectivity index (χ4v) is 4.29. The van der Waals surface area contributed by atoms with Crippen LogP contribution in [0.2, 0.25) is 0 Å². The van der Waals surface area contributed by atoms with Crippen LogP contribution in [0.5, 0.6) is 5.75 Å². The van der Waals surface area contributed by atoms with E-state index in [1.54, 1.807) is 0 Å². The molecule has 0 radical (unpaired) electrons. The molecule has 0 bridgehead atoms. The topological polar surface area (TPSA) is 36.3 Å². The van der Waals surface area contributed by atoms with Gasteiger partial charge in [0, 0.05) is 12.6 Å². The molecule has 1 atom stereocenters. The van der Waals surface area contributed by atoms with Crippen molar-refractivity contribution in [3.8, 4) is 22.9 Å². The van der Waals surface area contributed by atoms with Crippen LogP contribution >= 0.6 is 0 Å². The van der Waals surface area contributed by atoms with Crippen molar-refractivity contribution in [2.75, 3.05) is 19.7 Å². The predicted molar refractivity (Wildman–Crippen MR) is 104 cm³/mol. The second-order valence-corrected chi connectivity index (χ2v) is 7.44. The summed E-state index contributed by atoms with van der Waals surface area (Å²) in [7, 11) is 0. The van der Waals surface area contributed by atoms with Gasteiger partial charge in [0.15, 0.2) is 0 Å². The summed E-state index contributed by atoms with van der Waals surface area (Å²) >= 11 is 0. The summed E-state index contributed by atoms with van der Waals surface area (Å²) in [4.78, 5) is 2.68. The third-order valence-corrected chi connectivity index (χ3v) is 5.75. The van der Waals surface area contributed by atoms with E-state index in [2.05, 4.69) is 29.2 Å². The monoisotopic (exact) mass is 346 g/mol. The lowest BCUT2D eigenvalue weighted by molar-refractivity contribution is 0.127. The van der Waals surface area contributed by atoms with Gasteiger partial charge in [-0.25, -0.2) is 0 Å². The van der Waals surface area contributed by atoms with Crippen molar-refractivity contribution in [3.63, 3.8) is 0 Å². The Hall–Kier alpha value is -2.31. The van der Waals surface area contributed by atoms with Gasteiger partial charge in [-0.1, -0.05) is 24.6 Å². The highest BCUT2D eigenvalue weighted by molar-refractivity contribution is 5.66. The lowest BCUT2D eigenvalue weighted by atomic mass is 9.93. The van der Waals surface area contributed by atoms with Crippen molar-refractivity contribution in [3.05, 3.63) is 53.6 Å². The Balaban J connectivity index is 1.59. The normalized spacial score (nSPS) is 21.0. The highest BCUT2D eigenvalue weighted by atomic mass is 16.5. The average Bonchev–Trinajstić information content (AvgIpc) is 2.71. The Bertz CT molecular complexity index is 791. The van der Waals surface area contributed by atoms with Crippen LogP contribution in [0.25, 0.3) is 11.1 Å². The molecule has 3 nitrogen and oxygen atoms in total. The molecular formula is C23H26N2O. The average molecular weight is 346 g/mol. The van der Waals surface area contributed by atoms with Crippen LogP contribution in [-0.4, -0.2) is 30.6 Å². The van der Waals surface area contributed by atoms with Gasteiger partial charge in [-0.2, -0.15) is 5.26 Å². The highest BCUT2D eigenvalue weighted by Crippen LogP contribution is 2.31. The SMILES string of the molecule is N#Cc1ccc(-c2ccc3c(c2)CCC2CCCCN2CCCO3)cc1. The number of rotatable bonds is 1. The van der Waals surface area contributed by atoms with E-state index >= 15 is 0 Å². The number of benzene rings is 2. The minimum atomic E-state index is 0.702. The van der Waals surface area contributed by atoms with Gasteiger partial charge < -0.3 is 9.64 Å². The molecule has 0 aromatic heterocycles. The molecular weight excluding hydrogens is 320 g/mol. The Kier molecular flexibility index (Phi) is 5.22. The second-order valence-electron chi connectivity index (χ2n) is 7.44. The molecule has 0 N–H and O–H groups in total. The fourth-order valence-electron chi connectivity index (χ4n) is 4.29. The van der Waals surface area contributed by atoms with Gasteiger partial charge >= 0.3 is 0 Å². The van der Waals surface area contributed by atoms with E-state index < -0.39 is 0 Å². The maximum Gasteiger partial charge on any atom is 0.122 e. The smallest absolute Gasteiger partial charge is 0.122 e. The predicted octanol–water partition coefficient (Wildman–Crippen LogP) is 4.79. The number of aryl methyl sites for hydroxylation is 1. The van der Waals surface area contributed by atoms with E-state index in [0.29, 0.717) is 5.56 Å². The molecule has 0 amide bonds. The summed E-state index contributed by atoms with van der Waals surface area (Å²) in [5.41, 5.74) is 4.38. The molecule has 26 heavy (non-hydrogen) atoms. The van der Waals surface area contributed by atoms with Gasteiger partial charge in [-0.05, 0) is 79.6 Å². The van der Waals surface area contributed by atoms with E-state index in [4.69, 9.17) is 10.00 Å². The summed E-state index contributed by atoms with van der Waals surface area (Å²) < 4.78 is 6.10. The molecule has 4 rings (SSSR count). The molecule has 0 spiro atoms. The van der Waals surface area contributed by atoms with Crippen LogP contribution in [-0.2, 0) is 6.42 Å². The minimum absolute atomic E-state index is 0.702. The molecule has 2 aromatic carbocycles. The van der Waals surface area contributed by atoms with Gasteiger partial charge in [-0.3, -0.25) is 0 Å². The maximum absolute atomic E-state index is 8.99. The quantitative estimate of drug-likeness (QED) is 0.744. The number of hydrogen-bond donors (Lipinski definition) is 0. The number of hydrogen-bond acceptors (Lipinski definition) is 3. The van der Waals surface area contributed by atoms with E-state index in [1.807, 2.05) is 24.3 Å². The van der Waals surface area contributed by atoms with Gasteiger partial charge in [0.25, 0.3) is 0 Å². The molecule has 1 unspecified atom stereocenters. The zero-order chi connectivity index (χ0) is 17.8. The first kappa shape index (κ1) is 17.1. The Labute approximate surface area is 156 Å². The Morgan fingerprint density at radius 1 is 0.923 bits per heavy atom. The molecule has 2 aliphatic rings. The third kappa shape index (κ3) is 3.76. The molecule has 134 valence electrons. The van der Waals surface area contributed by atoms with Crippen molar-refractivity contribution in [1.29, 1.82) is 5.26 Å². The van der Waals surface area contributed by atoms with Crippen molar-refractivity contribution in [1.82, 2.24) is 4.90 Å². The molecule has 2 aliphatic heterocycles.